The number of hydrogen-bond acceptors (Lipinski definition) is 4. The molecule has 7 heteroatoms. The number of nitrogens with one attached hydrogen (secondary N) is 1. The summed E-state index contributed by atoms with van der Waals surface area (Å²) in [6.45, 7) is 0. The fourth-order valence-electron chi connectivity index (χ4n) is 2.39. The first-order chi connectivity index (χ1) is 9.44. The molecule has 0 bridgehead atoms. The molecule has 0 aliphatic heterocycles. The van der Waals surface area contributed by atoms with Gasteiger partial charge in [0.1, 0.15) is 5.75 Å². The van der Waals surface area contributed by atoms with E-state index < -0.39 is 10.0 Å². The van der Waals surface area contributed by atoms with E-state index in [0.717, 1.165) is 25.7 Å². The summed E-state index contributed by atoms with van der Waals surface area (Å²) in [5.41, 5.74) is 5.97. The second kappa shape index (κ2) is 6.30. The third-order valence-electron chi connectivity index (χ3n) is 3.56. The maximum atomic E-state index is 12.3. The normalized spacial score (nSPS) is 23.6. The number of halogens is 1. The predicted octanol–water partition coefficient (Wildman–Crippen LogP) is 1.90. The van der Waals surface area contributed by atoms with Crippen LogP contribution < -0.4 is 15.2 Å². The van der Waals surface area contributed by atoms with Gasteiger partial charge in [-0.15, -0.1) is 0 Å². The number of hydrogen-bond donors (Lipinski definition) is 2. The van der Waals surface area contributed by atoms with Gasteiger partial charge in [0.05, 0.1) is 17.0 Å². The molecule has 3 N–H and O–H groups in total. The largest absolute Gasteiger partial charge is 0.495 e. The monoisotopic (exact) mass is 318 g/mol. The van der Waals surface area contributed by atoms with Crippen molar-refractivity contribution in [2.24, 2.45) is 5.73 Å². The molecule has 0 heterocycles. The van der Waals surface area contributed by atoms with Gasteiger partial charge in [0.2, 0.25) is 10.0 Å². The van der Waals surface area contributed by atoms with E-state index in [9.17, 15) is 8.42 Å². The fraction of sp³-hybridized carbons (Fsp3) is 0.538. The standard InChI is InChI=1S/C13H19ClN2O3S/c1-19-13-7-6-9(8-10(13)14)20(17,18)16-12-5-3-2-4-11(12)15/h6-8,11-12,16H,2-5,15H2,1H3/t11-,12-/m1/s1. The molecule has 20 heavy (non-hydrogen) atoms. The number of ether oxygens (including phenoxy) is 1. The molecule has 5 nitrogen and oxygen atoms in total. The highest BCUT2D eigenvalue weighted by Crippen LogP contribution is 2.27. The lowest BCUT2D eigenvalue weighted by atomic mass is 9.92. The number of benzene rings is 1. The van der Waals surface area contributed by atoms with Crippen molar-refractivity contribution in [3.63, 3.8) is 0 Å². The Morgan fingerprint density at radius 3 is 2.65 bits per heavy atom. The second-order valence-electron chi connectivity index (χ2n) is 4.97. The maximum Gasteiger partial charge on any atom is 0.240 e. The van der Waals surface area contributed by atoms with Crippen LogP contribution in [0, 0.1) is 0 Å². The van der Waals surface area contributed by atoms with Crippen LogP contribution in [-0.2, 0) is 10.0 Å². The molecule has 112 valence electrons. The Balaban J connectivity index is 2.19. The van der Waals surface area contributed by atoms with Gasteiger partial charge in [-0.2, -0.15) is 0 Å². The summed E-state index contributed by atoms with van der Waals surface area (Å²) in [6, 6.07) is 4.05. The van der Waals surface area contributed by atoms with Gasteiger partial charge in [0.15, 0.2) is 0 Å². The van der Waals surface area contributed by atoms with Crippen LogP contribution in [0.3, 0.4) is 0 Å². The van der Waals surface area contributed by atoms with Gasteiger partial charge in [-0.05, 0) is 31.0 Å². The molecule has 2 atom stereocenters. The molecule has 0 aromatic heterocycles. The number of rotatable bonds is 4. The molecule has 2 rings (SSSR count). The van der Waals surface area contributed by atoms with Crippen molar-refractivity contribution in [3.8, 4) is 5.75 Å². The van der Waals surface area contributed by atoms with Crippen LogP contribution in [0.1, 0.15) is 25.7 Å². The fourth-order valence-corrected chi connectivity index (χ4v) is 4.06. The third kappa shape index (κ3) is 3.44. The van der Waals surface area contributed by atoms with Gasteiger partial charge in [0.25, 0.3) is 0 Å². The Morgan fingerprint density at radius 2 is 2.05 bits per heavy atom. The number of sulfonamides is 1. The van der Waals surface area contributed by atoms with Crippen LogP contribution in [0.4, 0.5) is 0 Å². The Bertz CT molecular complexity index is 577. The number of nitrogens with two attached hydrogens (primary N) is 1. The van der Waals surface area contributed by atoms with Gasteiger partial charge in [-0.1, -0.05) is 24.4 Å². The highest BCUT2D eigenvalue weighted by Gasteiger charge is 2.27. The van der Waals surface area contributed by atoms with Gasteiger partial charge >= 0.3 is 0 Å². The SMILES string of the molecule is COc1ccc(S(=O)(=O)N[C@@H]2CCCC[C@H]2N)cc1Cl. The summed E-state index contributed by atoms with van der Waals surface area (Å²) in [4.78, 5) is 0.126. The van der Waals surface area contributed by atoms with Crippen molar-refractivity contribution in [2.45, 2.75) is 42.7 Å². The van der Waals surface area contributed by atoms with E-state index in [1.807, 2.05) is 0 Å². The summed E-state index contributed by atoms with van der Waals surface area (Å²) >= 11 is 5.97. The van der Waals surface area contributed by atoms with Crippen LogP contribution in [0.25, 0.3) is 0 Å². The van der Waals surface area contributed by atoms with E-state index in [-0.39, 0.29) is 22.0 Å². The van der Waals surface area contributed by atoms with Gasteiger partial charge < -0.3 is 10.5 Å². The molecule has 0 unspecified atom stereocenters. The van der Waals surface area contributed by atoms with Crippen molar-refractivity contribution in [1.82, 2.24) is 4.72 Å². The summed E-state index contributed by atoms with van der Waals surface area (Å²) in [5, 5.41) is 0.267. The summed E-state index contributed by atoms with van der Waals surface area (Å²) in [6.07, 6.45) is 3.65. The van der Waals surface area contributed by atoms with Gasteiger partial charge in [-0.3, -0.25) is 0 Å². The molecule has 0 radical (unpaired) electrons. The van der Waals surface area contributed by atoms with Crippen LogP contribution in [0.15, 0.2) is 23.1 Å². The molecule has 0 amide bonds. The lowest BCUT2D eigenvalue weighted by Crippen LogP contribution is -2.49. The van der Waals surface area contributed by atoms with Crippen molar-refractivity contribution in [1.29, 1.82) is 0 Å². The molecule has 1 aliphatic carbocycles. The van der Waals surface area contributed by atoms with Crippen LogP contribution in [-0.4, -0.2) is 27.6 Å². The zero-order chi connectivity index (χ0) is 14.8. The lowest BCUT2D eigenvalue weighted by Gasteiger charge is -2.29. The molecule has 0 spiro atoms. The smallest absolute Gasteiger partial charge is 0.240 e. The zero-order valence-corrected chi connectivity index (χ0v) is 12.9. The molecular formula is C13H19ClN2O3S. The zero-order valence-electron chi connectivity index (χ0n) is 11.3. The third-order valence-corrected chi connectivity index (χ3v) is 5.34. The Kier molecular flexibility index (Phi) is 4.90. The van der Waals surface area contributed by atoms with Crippen LogP contribution in [0.5, 0.6) is 5.75 Å². The maximum absolute atomic E-state index is 12.3. The minimum atomic E-state index is -3.61. The Morgan fingerprint density at radius 1 is 1.35 bits per heavy atom. The number of methoxy groups -OCH3 is 1. The van der Waals surface area contributed by atoms with E-state index in [4.69, 9.17) is 22.1 Å². The highest BCUT2D eigenvalue weighted by molar-refractivity contribution is 7.89. The lowest BCUT2D eigenvalue weighted by molar-refractivity contribution is 0.361. The highest BCUT2D eigenvalue weighted by atomic mass is 35.5. The van der Waals surface area contributed by atoms with Gasteiger partial charge in [0, 0.05) is 12.1 Å². The summed E-state index contributed by atoms with van der Waals surface area (Å²) in [7, 11) is -2.13. The second-order valence-corrected chi connectivity index (χ2v) is 7.09. The first-order valence-electron chi connectivity index (χ1n) is 6.55. The summed E-state index contributed by atoms with van der Waals surface area (Å²) in [5.74, 6) is 0.444. The minimum Gasteiger partial charge on any atom is -0.495 e. The molecular weight excluding hydrogens is 300 g/mol. The van der Waals surface area contributed by atoms with Crippen molar-refractivity contribution in [2.75, 3.05) is 7.11 Å². The topological polar surface area (TPSA) is 81.4 Å². The first kappa shape index (κ1) is 15.6. The Labute approximate surface area is 124 Å². The molecule has 0 saturated heterocycles. The van der Waals surface area contributed by atoms with Crippen molar-refractivity contribution in [3.05, 3.63) is 23.2 Å². The van der Waals surface area contributed by atoms with Crippen LogP contribution in [0.2, 0.25) is 5.02 Å². The van der Waals surface area contributed by atoms with E-state index in [0.29, 0.717) is 5.75 Å². The predicted molar refractivity (Wildman–Crippen MR) is 78.6 cm³/mol. The molecule has 1 aliphatic rings. The van der Waals surface area contributed by atoms with E-state index in [1.54, 1.807) is 0 Å². The summed E-state index contributed by atoms with van der Waals surface area (Å²) < 4.78 is 32.3. The van der Waals surface area contributed by atoms with E-state index in [2.05, 4.69) is 4.72 Å². The first-order valence-corrected chi connectivity index (χ1v) is 8.41. The average molecular weight is 319 g/mol. The quantitative estimate of drug-likeness (QED) is 0.888. The van der Waals surface area contributed by atoms with Crippen molar-refractivity contribution < 1.29 is 13.2 Å². The van der Waals surface area contributed by atoms with Crippen molar-refractivity contribution >= 4 is 21.6 Å². The molecule has 1 aromatic carbocycles. The minimum absolute atomic E-state index is 0.126. The average Bonchev–Trinajstić information content (AvgIpc) is 2.41. The Hall–Kier alpha value is -0.820. The van der Waals surface area contributed by atoms with Crippen LogP contribution >= 0.6 is 11.6 Å². The molecule has 1 fully saturated rings. The van der Waals surface area contributed by atoms with E-state index in [1.165, 1.54) is 25.3 Å². The van der Waals surface area contributed by atoms with E-state index >= 15 is 0 Å². The molecule has 1 aromatic rings. The molecule has 1 saturated carbocycles. The van der Waals surface area contributed by atoms with Gasteiger partial charge in [-0.25, -0.2) is 13.1 Å².